The molecule has 0 unspecified atom stereocenters. The molecule has 1 amide bonds. The van der Waals surface area contributed by atoms with Gasteiger partial charge >= 0.3 is 0 Å². The van der Waals surface area contributed by atoms with Gasteiger partial charge in [0.05, 0.1) is 16.4 Å². The summed E-state index contributed by atoms with van der Waals surface area (Å²) in [7, 11) is 3.72. The molecule has 1 aromatic carbocycles. The molecule has 0 aliphatic heterocycles. The molecular formula is C10H12Cl2N2O. The van der Waals surface area contributed by atoms with Gasteiger partial charge in [-0.05, 0) is 12.1 Å². The van der Waals surface area contributed by atoms with E-state index in [0.717, 1.165) is 5.69 Å². The summed E-state index contributed by atoms with van der Waals surface area (Å²) in [4.78, 5) is 13.0. The zero-order chi connectivity index (χ0) is 11.4. The predicted octanol–water partition coefficient (Wildman–Crippen LogP) is 2.58. The Bertz CT molecular complexity index is 366. The minimum Gasteiger partial charge on any atom is -0.375 e. The van der Waals surface area contributed by atoms with Gasteiger partial charge < -0.3 is 10.2 Å². The Morgan fingerprint density at radius 1 is 1.47 bits per heavy atom. The summed E-state index contributed by atoms with van der Waals surface area (Å²) in [5, 5.41) is 3.28. The van der Waals surface area contributed by atoms with Crippen LogP contribution in [-0.2, 0) is 4.79 Å². The van der Waals surface area contributed by atoms with Crippen molar-refractivity contribution in [3.63, 3.8) is 0 Å². The van der Waals surface area contributed by atoms with Crippen LogP contribution < -0.4 is 10.2 Å². The zero-order valence-electron chi connectivity index (χ0n) is 8.55. The predicted molar refractivity (Wildman–Crippen MR) is 65.1 cm³/mol. The second-order valence-electron chi connectivity index (χ2n) is 3.21. The molecule has 15 heavy (non-hydrogen) atoms. The normalized spacial score (nSPS) is 9.87. The average molecular weight is 247 g/mol. The number of rotatable bonds is 3. The van der Waals surface area contributed by atoms with Crippen LogP contribution in [0.15, 0.2) is 18.2 Å². The number of anilines is 2. The molecule has 0 heterocycles. The maximum absolute atomic E-state index is 11.2. The lowest BCUT2D eigenvalue weighted by atomic mass is 10.2. The summed E-state index contributed by atoms with van der Waals surface area (Å²) >= 11 is 11.4. The van der Waals surface area contributed by atoms with Crippen molar-refractivity contribution in [1.82, 2.24) is 0 Å². The Labute approximate surface area is 99.0 Å². The molecule has 0 fully saturated rings. The van der Waals surface area contributed by atoms with Crippen molar-refractivity contribution in [3.8, 4) is 0 Å². The van der Waals surface area contributed by atoms with Crippen molar-refractivity contribution in [2.45, 2.75) is 0 Å². The van der Waals surface area contributed by atoms with Gasteiger partial charge in [-0.15, -0.1) is 11.6 Å². The van der Waals surface area contributed by atoms with Crippen LogP contribution in [0.3, 0.4) is 0 Å². The van der Waals surface area contributed by atoms with Crippen molar-refractivity contribution in [3.05, 3.63) is 23.2 Å². The first kappa shape index (κ1) is 12.1. The number of hydrogen-bond donors (Lipinski definition) is 1. The minimum absolute atomic E-state index is 0.0701. The molecule has 82 valence electrons. The van der Waals surface area contributed by atoms with Gasteiger partial charge in [0.25, 0.3) is 0 Å². The second-order valence-corrected chi connectivity index (χ2v) is 3.89. The number of carbonyl (C=O) groups excluding carboxylic acids is 1. The number of nitrogens with one attached hydrogen (secondary N) is 1. The first-order valence-corrected chi connectivity index (χ1v) is 5.29. The van der Waals surface area contributed by atoms with Crippen LogP contribution in [0.4, 0.5) is 11.4 Å². The fraction of sp³-hybridized carbons (Fsp3) is 0.300. The Morgan fingerprint density at radius 2 is 2.13 bits per heavy atom. The van der Waals surface area contributed by atoms with Crippen molar-refractivity contribution in [2.75, 3.05) is 30.2 Å². The van der Waals surface area contributed by atoms with Crippen LogP contribution in [-0.4, -0.2) is 25.9 Å². The summed E-state index contributed by atoms with van der Waals surface area (Å²) in [6.45, 7) is 0. The summed E-state index contributed by atoms with van der Waals surface area (Å²) in [6.07, 6.45) is 0. The first-order chi connectivity index (χ1) is 7.06. The molecule has 0 spiro atoms. The lowest BCUT2D eigenvalue weighted by molar-refractivity contribution is -0.113. The lowest BCUT2D eigenvalue weighted by Gasteiger charge is -2.19. The van der Waals surface area contributed by atoms with Crippen molar-refractivity contribution in [2.24, 2.45) is 0 Å². The van der Waals surface area contributed by atoms with Gasteiger partial charge in [0.1, 0.15) is 5.88 Å². The van der Waals surface area contributed by atoms with Crippen LogP contribution in [0.1, 0.15) is 0 Å². The molecule has 0 atom stereocenters. The van der Waals surface area contributed by atoms with Gasteiger partial charge in [-0.3, -0.25) is 4.79 Å². The number of para-hydroxylation sites is 1. The van der Waals surface area contributed by atoms with E-state index >= 15 is 0 Å². The monoisotopic (exact) mass is 246 g/mol. The van der Waals surface area contributed by atoms with Crippen LogP contribution in [0, 0.1) is 0 Å². The molecule has 0 saturated heterocycles. The zero-order valence-corrected chi connectivity index (χ0v) is 10.1. The Hall–Kier alpha value is -0.930. The van der Waals surface area contributed by atoms with Crippen LogP contribution in [0.25, 0.3) is 0 Å². The number of nitrogens with zero attached hydrogens (tertiary/aromatic N) is 1. The van der Waals surface area contributed by atoms with Crippen molar-refractivity contribution >= 4 is 40.5 Å². The largest absolute Gasteiger partial charge is 0.375 e. The van der Waals surface area contributed by atoms with Gasteiger partial charge in [-0.2, -0.15) is 0 Å². The highest BCUT2D eigenvalue weighted by Gasteiger charge is 2.10. The Balaban J connectivity index is 3.06. The standard InChI is InChI=1S/C10H12Cl2N2O/c1-14(2)10-7(12)4-3-5-8(10)13-9(15)6-11/h3-5H,6H2,1-2H3,(H,13,15). The lowest BCUT2D eigenvalue weighted by Crippen LogP contribution is -2.17. The number of amides is 1. The first-order valence-electron chi connectivity index (χ1n) is 4.38. The summed E-state index contributed by atoms with van der Waals surface area (Å²) < 4.78 is 0. The third-order valence-corrected chi connectivity index (χ3v) is 2.38. The average Bonchev–Trinajstić information content (AvgIpc) is 2.17. The molecule has 5 heteroatoms. The molecule has 3 nitrogen and oxygen atoms in total. The van der Waals surface area contributed by atoms with E-state index in [1.807, 2.05) is 19.0 Å². The summed E-state index contributed by atoms with van der Waals surface area (Å²) in [6, 6.07) is 5.33. The summed E-state index contributed by atoms with van der Waals surface area (Å²) in [5.74, 6) is -0.318. The molecule has 0 aromatic heterocycles. The van der Waals surface area contributed by atoms with Gasteiger partial charge in [0, 0.05) is 14.1 Å². The van der Waals surface area contributed by atoms with Crippen LogP contribution in [0.5, 0.6) is 0 Å². The van der Waals surface area contributed by atoms with E-state index in [-0.39, 0.29) is 11.8 Å². The maximum Gasteiger partial charge on any atom is 0.239 e. The Morgan fingerprint density at radius 3 is 2.67 bits per heavy atom. The number of carbonyl (C=O) groups is 1. The van der Waals surface area contributed by atoms with Crippen LogP contribution in [0.2, 0.25) is 5.02 Å². The van der Waals surface area contributed by atoms with E-state index in [4.69, 9.17) is 23.2 Å². The molecule has 0 saturated carbocycles. The maximum atomic E-state index is 11.2. The van der Waals surface area contributed by atoms with E-state index in [1.165, 1.54) is 0 Å². The van der Waals surface area contributed by atoms with Crippen LogP contribution >= 0.6 is 23.2 Å². The third kappa shape index (κ3) is 3.01. The topological polar surface area (TPSA) is 32.3 Å². The highest BCUT2D eigenvalue weighted by molar-refractivity contribution is 6.34. The molecule has 0 radical (unpaired) electrons. The van der Waals surface area contributed by atoms with E-state index in [0.29, 0.717) is 10.7 Å². The van der Waals surface area contributed by atoms with Gasteiger partial charge in [-0.25, -0.2) is 0 Å². The molecule has 0 bridgehead atoms. The van der Waals surface area contributed by atoms with Gasteiger partial charge in [-0.1, -0.05) is 17.7 Å². The smallest absolute Gasteiger partial charge is 0.239 e. The SMILES string of the molecule is CN(C)c1c(Cl)cccc1NC(=O)CCl. The minimum atomic E-state index is -0.248. The molecule has 0 aliphatic rings. The summed E-state index contributed by atoms with van der Waals surface area (Å²) in [5.41, 5.74) is 1.44. The van der Waals surface area contributed by atoms with E-state index in [9.17, 15) is 4.79 Å². The van der Waals surface area contributed by atoms with Gasteiger partial charge in [0.2, 0.25) is 5.91 Å². The fourth-order valence-corrected chi connectivity index (χ4v) is 1.66. The highest BCUT2D eigenvalue weighted by Crippen LogP contribution is 2.32. The molecule has 1 rings (SSSR count). The van der Waals surface area contributed by atoms with Gasteiger partial charge in [0.15, 0.2) is 0 Å². The third-order valence-electron chi connectivity index (χ3n) is 1.83. The number of alkyl halides is 1. The quantitative estimate of drug-likeness (QED) is 0.832. The van der Waals surface area contributed by atoms with E-state index in [2.05, 4.69) is 5.32 Å². The fourth-order valence-electron chi connectivity index (χ4n) is 1.25. The second kappa shape index (κ2) is 5.24. The molecule has 1 aromatic rings. The molecule has 0 aliphatic carbocycles. The van der Waals surface area contributed by atoms with Crippen molar-refractivity contribution in [1.29, 1.82) is 0 Å². The number of hydrogen-bond acceptors (Lipinski definition) is 2. The molecular weight excluding hydrogens is 235 g/mol. The van der Waals surface area contributed by atoms with E-state index < -0.39 is 0 Å². The molecule has 1 N–H and O–H groups in total. The highest BCUT2D eigenvalue weighted by atomic mass is 35.5. The Kier molecular flexibility index (Phi) is 4.24. The number of halogens is 2. The number of benzene rings is 1. The van der Waals surface area contributed by atoms with Crippen molar-refractivity contribution < 1.29 is 4.79 Å². The van der Waals surface area contributed by atoms with E-state index in [1.54, 1.807) is 18.2 Å².